The average Bonchev–Trinajstić information content (AvgIpc) is 2.87. The molecular weight excluding hydrogens is 420 g/mol. The molecule has 0 aliphatic heterocycles. The van der Waals surface area contributed by atoms with Crippen molar-refractivity contribution in [2.45, 2.75) is 51.0 Å². The minimum Gasteiger partial charge on any atom is -0.496 e. The second-order valence-corrected chi connectivity index (χ2v) is 8.68. The van der Waals surface area contributed by atoms with E-state index in [0.29, 0.717) is 22.1 Å². The summed E-state index contributed by atoms with van der Waals surface area (Å²) in [6.45, 7) is 4.00. The zero-order valence-corrected chi connectivity index (χ0v) is 19.6. The van der Waals surface area contributed by atoms with Gasteiger partial charge in [0, 0.05) is 22.6 Å². The molecule has 0 aromatic heterocycles. The Hall–Kier alpha value is -2.62. The summed E-state index contributed by atoms with van der Waals surface area (Å²) in [6.07, 6.45) is 3.23. The summed E-state index contributed by atoms with van der Waals surface area (Å²) in [5, 5.41) is 12.8. The Kier molecular flexibility index (Phi) is 6.41. The van der Waals surface area contributed by atoms with Crippen molar-refractivity contribution in [3.8, 4) is 16.9 Å². The molecule has 0 bridgehead atoms. The molecule has 2 aliphatic carbocycles. The fraction of sp³-hybridized carbons (Fsp3) is 0.321. The van der Waals surface area contributed by atoms with Crippen molar-refractivity contribution >= 4 is 17.4 Å². The minimum absolute atomic E-state index is 0.0375. The van der Waals surface area contributed by atoms with Crippen molar-refractivity contribution in [1.82, 2.24) is 0 Å². The molecule has 1 unspecified atom stereocenters. The van der Waals surface area contributed by atoms with E-state index >= 15 is 0 Å². The van der Waals surface area contributed by atoms with Gasteiger partial charge in [0.2, 0.25) is 0 Å². The van der Waals surface area contributed by atoms with Gasteiger partial charge >= 0.3 is 0 Å². The van der Waals surface area contributed by atoms with E-state index in [-0.39, 0.29) is 12.2 Å². The van der Waals surface area contributed by atoms with Crippen molar-refractivity contribution < 1.29 is 14.6 Å². The molecule has 0 heterocycles. The highest BCUT2D eigenvalue weighted by Gasteiger charge is 2.43. The van der Waals surface area contributed by atoms with E-state index in [1.54, 1.807) is 13.2 Å². The molecule has 1 N–H and O–H groups in total. The Morgan fingerprint density at radius 2 is 1.66 bits per heavy atom. The van der Waals surface area contributed by atoms with Crippen molar-refractivity contribution in [3.05, 3.63) is 87.9 Å². The van der Waals surface area contributed by atoms with E-state index < -0.39 is 5.60 Å². The van der Waals surface area contributed by atoms with E-state index in [1.165, 1.54) is 0 Å². The van der Waals surface area contributed by atoms with Crippen LogP contribution in [0.4, 0.5) is 0 Å². The lowest BCUT2D eigenvalue weighted by molar-refractivity contribution is 0.0581. The SMILES string of the molecule is CC.COc1cccc(C2(O)CC(=O)c3ccccc3-c3ccc(Cl)cc32)c1C1CCC1. The fourth-order valence-corrected chi connectivity index (χ4v) is 5.09. The summed E-state index contributed by atoms with van der Waals surface area (Å²) in [5.74, 6) is 1.01. The zero-order valence-electron chi connectivity index (χ0n) is 18.8. The van der Waals surface area contributed by atoms with Crippen LogP contribution in [0, 0.1) is 0 Å². The average molecular weight is 449 g/mol. The molecule has 1 fully saturated rings. The molecule has 3 aromatic rings. The van der Waals surface area contributed by atoms with E-state index in [4.69, 9.17) is 16.3 Å². The Labute approximate surface area is 195 Å². The smallest absolute Gasteiger partial charge is 0.167 e. The second kappa shape index (κ2) is 9.09. The second-order valence-electron chi connectivity index (χ2n) is 8.25. The van der Waals surface area contributed by atoms with Crippen molar-refractivity contribution in [1.29, 1.82) is 0 Å². The van der Waals surface area contributed by atoms with Gasteiger partial charge in [-0.15, -0.1) is 0 Å². The van der Waals surface area contributed by atoms with Crippen LogP contribution < -0.4 is 4.74 Å². The molecule has 166 valence electrons. The van der Waals surface area contributed by atoms with Crippen LogP contribution in [0.1, 0.15) is 72.5 Å². The molecule has 32 heavy (non-hydrogen) atoms. The van der Waals surface area contributed by atoms with E-state index in [2.05, 4.69) is 0 Å². The molecule has 0 spiro atoms. The van der Waals surface area contributed by atoms with Crippen LogP contribution in [0.5, 0.6) is 5.75 Å². The first-order valence-electron chi connectivity index (χ1n) is 11.4. The molecule has 3 aromatic carbocycles. The standard InChI is InChI=1S/C26H23ClO3.C2H6/c1-30-24-11-5-10-21(25(24)16-6-4-7-16)26(29)15-23(28)20-9-3-2-8-18(20)19-13-12-17(27)14-22(19)26;1-2/h2-3,5,8-14,16,29H,4,6-7,15H2,1H3;1-2H3. The Bertz CT molecular complexity index is 1150. The van der Waals surface area contributed by atoms with Crippen LogP contribution >= 0.6 is 11.6 Å². The van der Waals surface area contributed by atoms with Crippen LogP contribution in [-0.2, 0) is 5.60 Å². The number of rotatable bonds is 3. The van der Waals surface area contributed by atoms with Crippen LogP contribution in [0.3, 0.4) is 0 Å². The summed E-state index contributed by atoms with van der Waals surface area (Å²) in [5.41, 5.74) is 3.24. The fourth-order valence-electron chi connectivity index (χ4n) is 4.92. The first kappa shape index (κ1) is 22.6. The van der Waals surface area contributed by atoms with Gasteiger partial charge in [0.15, 0.2) is 5.78 Å². The quantitative estimate of drug-likeness (QED) is 0.463. The topological polar surface area (TPSA) is 46.5 Å². The normalized spacial score (nSPS) is 19.6. The number of carbonyl (C=O) groups excluding carboxylic acids is 1. The third-order valence-electron chi connectivity index (χ3n) is 6.61. The number of aliphatic hydroxyl groups is 1. The van der Waals surface area contributed by atoms with Crippen LogP contribution in [0.2, 0.25) is 5.02 Å². The number of fused-ring (bicyclic) bond motifs is 3. The van der Waals surface area contributed by atoms with Gasteiger partial charge in [-0.25, -0.2) is 0 Å². The number of Topliss-reactive ketones (excluding diaryl/α,β-unsaturated/α-hetero) is 1. The van der Waals surface area contributed by atoms with Gasteiger partial charge in [0.05, 0.1) is 7.11 Å². The maximum Gasteiger partial charge on any atom is 0.167 e. The molecule has 1 atom stereocenters. The highest BCUT2D eigenvalue weighted by molar-refractivity contribution is 6.30. The predicted molar refractivity (Wildman–Crippen MR) is 130 cm³/mol. The summed E-state index contributed by atoms with van der Waals surface area (Å²) < 4.78 is 5.69. The van der Waals surface area contributed by atoms with E-state index in [1.807, 2.05) is 68.4 Å². The number of carbonyl (C=O) groups is 1. The van der Waals surface area contributed by atoms with Gasteiger partial charge < -0.3 is 9.84 Å². The number of benzene rings is 3. The monoisotopic (exact) mass is 448 g/mol. The molecule has 0 amide bonds. The lowest BCUT2D eigenvalue weighted by Crippen LogP contribution is -2.32. The maximum absolute atomic E-state index is 13.3. The minimum atomic E-state index is -1.49. The number of ether oxygens (including phenoxy) is 1. The zero-order chi connectivity index (χ0) is 22.9. The summed E-state index contributed by atoms with van der Waals surface area (Å²) >= 11 is 6.39. The third kappa shape index (κ3) is 3.64. The highest BCUT2D eigenvalue weighted by Crippen LogP contribution is 2.51. The van der Waals surface area contributed by atoms with Gasteiger partial charge in [-0.3, -0.25) is 4.79 Å². The lowest BCUT2D eigenvalue weighted by atomic mass is 9.71. The number of halogens is 1. The largest absolute Gasteiger partial charge is 0.496 e. The lowest BCUT2D eigenvalue weighted by Gasteiger charge is -2.36. The first-order chi connectivity index (χ1) is 15.5. The first-order valence-corrected chi connectivity index (χ1v) is 11.7. The van der Waals surface area contributed by atoms with Crippen LogP contribution in [-0.4, -0.2) is 18.0 Å². The summed E-state index contributed by atoms with van der Waals surface area (Å²) in [4.78, 5) is 13.3. The Morgan fingerprint density at radius 1 is 0.938 bits per heavy atom. The molecule has 0 saturated heterocycles. The summed E-state index contributed by atoms with van der Waals surface area (Å²) in [6, 6.07) is 18.8. The molecule has 2 aliphatic rings. The molecule has 0 radical (unpaired) electrons. The number of ketones is 1. The van der Waals surface area contributed by atoms with E-state index in [9.17, 15) is 9.90 Å². The van der Waals surface area contributed by atoms with E-state index in [0.717, 1.165) is 47.3 Å². The number of methoxy groups -OCH3 is 1. The van der Waals surface area contributed by atoms with Crippen LogP contribution in [0.15, 0.2) is 60.7 Å². The van der Waals surface area contributed by atoms with Gasteiger partial charge in [0.25, 0.3) is 0 Å². The number of hydrogen-bond donors (Lipinski definition) is 1. The maximum atomic E-state index is 13.3. The van der Waals surface area contributed by atoms with Gasteiger partial charge in [-0.05, 0) is 59.2 Å². The van der Waals surface area contributed by atoms with Crippen molar-refractivity contribution in [2.75, 3.05) is 7.11 Å². The van der Waals surface area contributed by atoms with Crippen molar-refractivity contribution in [3.63, 3.8) is 0 Å². The molecule has 4 heteroatoms. The predicted octanol–water partition coefficient (Wildman–Crippen LogP) is 7.13. The molecular formula is C28H29ClO3. The summed E-state index contributed by atoms with van der Waals surface area (Å²) in [7, 11) is 1.66. The molecule has 3 nitrogen and oxygen atoms in total. The highest BCUT2D eigenvalue weighted by atomic mass is 35.5. The van der Waals surface area contributed by atoms with Crippen molar-refractivity contribution in [2.24, 2.45) is 0 Å². The number of hydrogen-bond acceptors (Lipinski definition) is 3. The molecule has 5 rings (SSSR count). The van der Waals surface area contributed by atoms with Gasteiger partial charge in [-0.1, -0.05) is 74.3 Å². The Balaban J connectivity index is 0.00000119. The van der Waals surface area contributed by atoms with Crippen LogP contribution in [0.25, 0.3) is 11.1 Å². The van der Waals surface area contributed by atoms with Gasteiger partial charge in [-0.2, -0.15) is 0 Å². The molecule has 1 saturated carbocycles. The Morgan fingerprint density at radius 3 is 2.31 bits per heavy atom. The van der Waals surface area contributed by atoms with Gasteiger partial charge in [0.1, 0.15) is 11.4 Å². The third-order valence-corrected chi connectivity index (χ3v) is 6.84.